The first-order valence-corrected chi connectivity index (χ1v) is 7.41. The molecule has 0 aliphatic carbocycles. The molecular formula is C15H20ClN3O3. The Morgan fingerprint density at radius 1 is 1.32 bits per heavy atom. The fourth-order valence-electron chi connectivity index (χ4n) is 2.12. The number of hydrogen-bond acceptors (Lipinski definition) is 5. The highest BCUT2D eigenvalue weighted by atomic mass is 35.5. The van der Waals surface area contributed by atoms with E-state index >= 15 is 0 Å². The molecule has 22 heavy (non-hydrogen) atoms. The second-order valence-electron chi connectivity index (χ2n) is 5.08. The van der Waals surface area contributed by atoms with Crippen LogP contribution in [0.3, 0.4) is 0 Å². The highest BCUT2D eigenvalue weighted by Gasteiger charge is 2.18. The molecule has 0 atom stereocenters. The van der Waals surface area contributed by atoms with E-state index in [9.17, 15) is 0 Å². The van der Waals surface area contributed by atoms with Gasteiger partial charge in [-0.2, -0.15) is 5.10 Å². The number of nitrogens with zero attached hydrogens (tertiary/aromatic N) is 3. The lowest BCUT2D eigenvalue weighted by molar-refractivity contribution is 0.230. The fourth-order valence-corrected chi connectivity index (χ4v) is 2.36. The van der Waals surface area contributed by atoms with Gasteiger partial charge in [0.05, 0.1) is 31.4 Å². The van der Waals surface area contributed by atoms with Crippen LogP contribution in [0.4, 0.5) is 0 Å². The van der Waals surface area contributed by atoms with Crippen LogP contribution >= 0.6 is 11.6 Å². The van der Waals surface area contributed by atoms with Gasteiger partial charge < -0.3 is 14.6 Å². The lowest BCUT2D eigenvalue weighted by Gasteiger charge is -2.15. The molecule has 0 unspecified atom stereocenters. The van der Waals surface area contributed by atoms with Crippen molar-refractivity contribution in [2.45, 2.75) is 33.4 Å². The van der Waals surface area contributed by atoms with Gasteiger partial charge in [0, 0.05) is 11.6 Å². The zero-order valence-electron chi connectivity index (χ0n) is 13.1. The van der Waals surface area contributed by atoms with Crippen molar-refractivity contribution >= 4 is 11.6 Å². The van der Waals surface area contributed by atoms with Crippen LogP contribution in [0.25, 0.3) is 11.4 Å². The Kier molecular flexibility index (Phi) is 5.26. The second-order valence-corrected chi connectivity index (χ2v) is 5.49. The van der Waals surface area contributed by atoms with Gasteiger partial charge in [-0.3, -0.25) is 0 Å². The lowest BCUT2D eigenvalue weighted by atomic mass is 10.2. The van der Waals surface area contributed by atoms with E-state index in [2.05, 4.69) is 10.1 Å². The summed E-state index contributed by atoms with van der Waals surface area (Å²) in [5, 5.41) is 13.9. The zero-order valence-corrected chi connectivity index (χ0v) is 13.9. The van der Waals surface area contributed by atoms with Gasteiger partial charge in [-0.15, -0.1) is 0 Å². The van der Waals surface area contributed by atoms with Gasteiger partial charge in [-0.25, -0.2) is 9.67 Å². The Morgan fingerprint density at radius 3 is 2.64 bits per heavy atom. The quantitative estimate of drug-likeness (QED) is 0.884. The predicted molar refractivity (Wildman–Crippen MR) is 84.6 cm³/mol. The SMILES string of the molecule is COc1cc(-c2nc(C)nn2CCO)c(Cl)cc1OC(C)C. The summed E-state index contributed by atoms with van der Waals surface area (Å²) in [6.07, 6.45) is 0.0103. The maximum absolute atomic E-state index is 9.15. The molecule has 0 radical (unpaired) electrons. The molecule has 0 fully saturated rings. The van der Waals surface area contributed by atoms with E-state index in [4.69, 9.17) is 26.2 Å². The molecule has 2 rings (SSSR count). The predicted octanol–water partition coefficient (Wildman–Crippen LogP) is 2.70. The number of benzene rings is 1. The normalized spacial score (nSPS) is 11.0. The van der Waals surface area contributed by atoms with Gasteiger partial charge in [0.15, 0.2) is 17.3 Å². The highest BCUT2D eigenvalue weighted by Crippen LogP contribution is 2.38. The third-order valence-electron chi connectivity index (χ3n) is 2.95. The topological polar surface area (TPSA) is 69.4 Å². The summed E-state index contributed by atoms with van der Waals surface area (Å²) in [5.41, 5.74) is 0.684. The molecule has 7 heteroatoms. The third-order valence-corrected chi connectivity index (χ3v) is 3.26. The molecule has 0 spiro atoms. The Labute approximate surface area is 134 Å². The number of methoxy groups -OCH3 is 1. The molecule has 0 aliphatic rings. The summed E-state index contributed by atoms with van der Waals surface area (Å²) in [6.45, 7) is 5.97. The van der Waals surface area contributed by atoms with Crippen molar-refractivity contribution in [2.24, 2.45) is 0 Å². The first kappa shape index (κ1) is 16.6. The van der Waals surface area contributed by atoms with E-state index < -0.39 is 0 Å². The lowest BCUT2D eigenvalue weighted by Crippen LogP contribution is -2.08. The van der Waals surface area contributed by atoms with Crippen LogP contribution in [-0.2, 0) is 6.54 Å². The Morgan fingerprint density at radius 2 is 2.05 bits per heavy atom. The van der Waals surface area contributed by atoms with Crippen molar-refractivity contribution in [3.05, 3.63) is 23.0 Å². The summed E-state index contributed by atoms with van der Waals surface area (Å²) in [5.74, 6) is 2.35. The number of ether oxygens (including phenoxy) is 2. The monoisotopic (exact) mass is 325 g/mol. The van der Waals surface area contributed by atoms with E-state index in [1.165, 1.54) is 0 Å². The molecule has 1 aromatic carbocycles. The molecule has 120 valence electrons. The minimum atomic E-state index is -0.0287. The van der Waals surface area contributed by atoms with Gasteiger partial charge in [0.2, 0.25) is 0 Å². The second kappa shape index (κ2) is 6.98. The molecule has 1 aromatic heterocycles. The average molecular weight is 326 g/mol. The van der Waals surface area contributed by atoms with Crippen LogP contribution < -0.4 is 9.47 Å². The maximum Gasteiger partial charge on any atom is 0.163 e. The van der Waals surface area contributed by atoms with Gasteiger partial charge >= 0.3 is 0 Å². The molecule has 1 heterocycles. The van der Waals surface area contributed by atoms with E-state index in [1.54, 1.807) is 30.8 Å². The van der Waals surface area contributed by atoms with Crippen LogP contribution in [0, 0.1) is 6.92 Å². The Hall–Kier alpha value is -1.79. The van der Waals surface area contributed by atoms with Crippen molar-refractivity contribution in [3.63, 3.8) is 0 Å². The molecule has 0 aliphatic heterocycles. The summed E-state index contributed by atoms with van der Waals surface area (Å²) in [4.78, 5) is 4.39. The summed E-state index contributed by atoms with van der Waals surface area (Å²) in [7, 11) is 1.57. The number of halogens is 1. The molecule has 1 N–H and O–H groups in total. The van der Waals surface area contributed by atoms with Crippen LogP contribution in [0.5, 0.6) is 11.5 Å². The van der Waals surface area contributed by atoms with E-state index in [1.807, 2.05) is 13.8 Å². The molecule has 0 saturated carbocycles. The van der Waals surface area contributed by atoms with E-state index in [-0.39, 0.29) is 12.7 Å². The average Bonchev–Trinajstić information content (AvgIpc) is 2.79. The molecule has 2 aromatic rings. The van der Waals surface area contributed by atoms with Crippen molar-refractivity contribution < 1.29 is 14.6 Å². The van der Waals surface area contributed by atoms with Gasteiger partial charge in [0.1, 0.15) is 5.82 Å². The van der Waals surface area contributed by atoms with Gasteiger partial charge in [0.25, 0.3) is 0 Å². The van der Waals surface area contributed by atoms with Crippen molar-refractivity contribution in [2.75, 3.05) is 13.7 Å². The number of aromatic nitrogens is 3. The first-order chi connectivity index (χ1) is 10.5. The first-order valence-electron chi connectivity index (χ1n) is 7.03. The van der Waals surface area contributed by atoms with Crippen LogP contribution in [-0.4, -0.2) is 39.7 Å². The molecular weight excluding hydrogens is 306 g/mol. The number of aryl methyl sites for hydroxylation is 1. The fraction of sp³-hybridized carbons (Fsp3) is 0.467. The maximum atomic E-state index is 9.15. The minimum Gasteiger partial charge on any atom is -0.493 e. The van der Waals surface area contributed by atoms with Crippen LogP contribution in [0.1, 0.15) is 19.7 Å². The highest BCUT2D eigenvalue weighted by molar-refractivity contribution is 6.33. The minimum absolute atomic E-state index is 0.0103. The molecule has 0 saturated heterocycles. The summed E-state index contributed by atoms with van der Waals surface area (Å²) >= 11 is 6.38. The Balaban J connectivity index is 2.52. The number of rotatable bonds is 6. The number of aliphatic hydroxyl groups is 1. The largest absolute Gasteiger partial charge is 0.493 e. The van der Waals surface area contributed by atoms with E-state index in [0.717, 1.165) is 0 Å². The summed E-state index contributed by atoms with van der Waals surface area (Å²) < 4.78 is 12.7. The zero-order chi connectivity index (χ0) is 16.3. The van der Waals surface area contributed by atoms with Gasteiger partial charge in [-0.05, 0) is 26.8 Å². The van der Waals surface area contributed by atoms with Crippen molar-refractivity contribution in [1.29, 1.82) is 0 Å². The number of aliphatic hydroxyl groups excluding tert-OH is 1. The molecule has 6 nitrogen and oxygen atoms in total. The third kappa shape index (κ3) is 3.51. The standard InChI is InChI=1S/C15H20ClN3O3/c1-9(2)22-14-8-12(16)11(7-13(14)21-4)15-17-10(3)18-19(15)5-6-20/h7-9,20H,5-6H2,1-4H3. The van der Waals surface area contributed by atoms with Gasteiger partial charge in [-0.1, -0.05) is 11.6 Å². The van der Waals surface area contributed by atoms with Crippen LogP contribution in [0.15, 0.2) is 12.1 Å². The number of hydrogen-bond donors (Lipinski definition) is 1. The molecule has 0 bridgehead atoms. The molecule has 0 amide bonds. The van der Waals surface area contributed by atoms with Crippen molar-refractivity contribution in [1.82, 2.24) is 14.8 Å². The smallest absolute Gasteiger partial charge is 0.163 e. The summed E-state index contributed by atoms with van der Waals surface area (Å²) in [6, 6.07) is 3.49. The van der Waals surface area contributed by atoms with Crippen LogP contribution in [0.2, 0.25) is 5.02 Å². The van der Waals surface area contributed by atoms with Crippen molar-refractivity contribution in [3.8, 4) is 22.9 Å². The Bertz CT molecular complexity index is 656. The van der Waals surface area contributed by atoms with E-state index in [0.29, 0.717) is 40.3 Å².